The van der Waals surface area contributed by atoms with Crippen LogP contribution in [0.2, 0.25) is 0 Å². The summed E-state index contributed by atoms with van der Waals surface area (Å²) in [6, 6.07) is 50.3. The van der Waals surface area contributed by atoms with Crippen LogP contribution in [0, 0.1) is 11.3 Å². The van der Waals surface area contributed by atoms with Gasteiger partial charge in [-0.1, -0.05) is 140 Å². The predicted octanol–water partition coefficient (Wildman–Crippen LogP) is 7.74. The van der Waals surface area contributed by atoms with Gasteiger partial charge in [0.1, 0.15) is 24.6 Å². The average Bonchev–Trinajstić information content (AvgIpc) is 3.02. The Bertz CT molecular complexity index is 1730. The molecule has 6 rings (SSSR count). The normalized spacial score (nSPS) is 14.1. The van der Waals surface area contributed by atoms with Crippen LogP contribution in [0.1, 0.15) is 5.56 Å². The van der Waals surface area contributed by atoms with E-state index in [9.17, 15) is 5.26 Å². The second-order valence-corrected chi connectivity index (χ2v) is 11.6. The number of benzene rings is 5. The largest absolute Gasteiger partial charge is 0.437 e. The fraction of sp³-hybridized carbons (Fsp3) is 0. The zero-order valence-electron chi connectivity index (χ0n) is 21.1. The highest BCUT2D eigenvalue weighted by Crippen LogP contribution is 2.54. The lowest BCUT2D eigenvalue weighted by Crippen LogP contribution is -2.22. The summed E-state index contributed by atoms with van der Waals surface area (Å²) in [5.41, 5.74) is 3.68. The third-order valence-electron chi connectivity index (χ3n) is 6.50. The number of hydrogen-bond acceptors (Lipinski definition) is 4. The topological polar surface area (TPSA) is 57.7 Å². The van der Waals surface area contributed by atoms with Gasteiger partial charge in [-0.05, 0) is 11.6 Å². The van der Waals surface area contributed by atoms with Crippen LogP contribution in [0.5, 0.6) is 5.75 Å². The van der Waals surface area contributed by atoms with Crippen LogP contribution in [-0.2, 0) is 0 Å². The average molecular weight is 522 g/mol. The third kappa shape index (κ3) is 4.73. The van der Waals surface area contributed by atoms with E-state index in [-0.39, 0.29) is 5.88 Å². The molecule has 1 aliphatic heterocycles. The highest BCUT2D eigenvalue weighted by molar-refractivity contribution is 7.80. The van der Waals surface area contributed by atoms with Gasteiger partial charge in [0.25, 0.3) is 0 Å². The molecule has 0 saturated carbocycles. The van der Waals surface area contributed by atoms with E-state index in [1.54, 1.807) is 0 Å². The zero-order valence-corrected chi connectivity index (χ0v) is 21.9. The summed E-state index contributed by atoms with van der Waals surface area (Å²) in [5, 5.41) is 12.4. The predicted molar refractivity (Wildman–Crippen MR) is 160 cm³/mol. The van der Waals surface area contributed by atoms with Crippen molar-refractivity contribution in [2.24, 2.45) is 9.51 Å². The molecule has 1 aliphatic rings. The summed E-state index contributed by atoms with van der Waals surface area (Å²) in [7, 11) is -2.77. The Labute approximate surface area is 228 Å². The minimum Gasteiger partial charge on any atom is -0.437 e. The summed E-state index contributed by atoms with van der Waals surface area (Å²) in [6.07, 6.45) is 0. The van der Waals surface area contributed by atoms with Gasteiger partial charge in [0, 0.05) is 21.7 Å². The van der Waals surface area contributed by atoms with Gasteiger partial charge in [-0.2, -0.15) is 10.0 Å². The third-order valence-corrected chi connectivity index (χ3v) is 9.50. The highest BCUT2D eigenvalue weighted by atomic mass is 31.2. The van der Waals surface area contributed by atoms with Crippen molar-refractivity contribution in [3.63, 3.8) is 0 Å². The molecule has 0 N–H and O–H groups in total. The first kappa shape index (κ1) is 24.4. The van der Waals surface area contributed by atoms with E-state index >= 15 is 0 Å². The number of hydrogen-bond donors (Lipinski definition) is 0. The molecule has 186 valence electrons. The van der Waals surface area contributed by atoms with Gasteiger partial charge >= 0.3 is 0 Å². The van der Waals surface area contributed by atoms with Gasteiger partial charge in [0.2, 0.25) is 5.88 Å². The molecule has 0 aliphatic carbocycles. The van der Waals surface area contributed by atoms with Crippen LogP contribution in [0.15, 0.2) is 167 Å². The Balaban J connectivity index is 1.64. The Morgan fingerprint density at radius 1 is 0.564 bits per heavy atom. The fourth-order valence-electron chi connectivity index (χ4n) is 4.64. The Hall–Kier alpha value is -4.97. The van der Waals surface area contributed by atoms with Crippen LogP contribution >= 0.6 is 7.21 Å². The molecule has 0 fully saturated rings. The minimum absolute atomic E-state index is 0.274. The smallest absolute Gasteiger partial charge is 0.240 e. The van der Waals surface area contributed by atoms with Crippen LogP contribution in [0.25, 0.3) is 11.1 Å². The molecular weight excluding hydrogens is 497 g/mol. The molecule has 1 heterocycles. The van der Waals surface area contributed by atoms with Crippen LogP contribution in [0.3, 0.4) is 0 Å². The molecule has 0 aromatic heterocycles. The summed E-state index contributed by atoms with van der Waals surface area (Å²) in [6.45, 7) is 0. The van der Waals surface area contributed by atoms with E-state index in [0.717, 1.165) is 27.3 Å². The van der Waals surface area contributed by atoms with E-state index in [4.69, 9.17) is 14.2 Å². The lowest BCUT2D eigenvalue weighted by molar-refractivity contribution is 0.422. The molecule has 5 aromatic rings. The lowest BCUT2D eigenvalue weighted by atomic mass is 10.0. The maximum absolute atomic E-state index is 10.5. The van der Waals surface area contributed by atoms with Crippen molar-refractivity contribution in [3.8, 4) is 22.9 Å². The molecule has 0 bridgehead atoms. The molecule has 0 radical (unpaired) electrons. The zero-order chi connectivity index (χ0) is 26.5. The monoisotopic (exact) mass is 521 g/mol. The van der Waals surface area contributed by atoms with E-state index in [2.05, 4.69) is 30.3 Å². The minimum atomic E-state index is -2.77. The summed E-state index contributed by atoms with van der Waals surface area (Å²) in [5.74, 6) is 0.902. The summed E-state index contributed by atoms with van der Waals surface area (Å²) >= 11 is 0. The van der Waals surface area contributed by atoms with Gasteiger partial charge in [-0.25, -0.2) is 4.76 Å². The first-order valence-corrected chi connectivity index (χ1v) is 14.3. The van der Waals surface area contributed by atoms with Crippen molar-refractivity contribution in [3.05, 3.63) is 163 Å². The summed E-state index contributed by atoms with van der Waals surface area (Å²) in [4.78, 5) is 0. The maximum Gasteiger partial charge on any atom is 0.240 e. The molecule has 4 nitrogen and oxygen atoms in total. The van der Waals surface area contributed by atoms with Crippen molar-refractivity contribution in [1.29, 1.82) is 5.26 Å². The van der Waals surface area contributed by atoms with Crippen molar-refractivity contribution < 1.29 is 4.74 Å². The van der Waals surface area contributed by atoms with Crippen LogP contribution in [-0.4, -0.2) is 5.71 Å². The maximum atomic E-state index is 10.5. The molecule has 0 unspecified atom stereocenters. The number of para-hydroxylation sites is 1. The van der Waals surface area contributed by atoms with Gasteiger partial charge in [-0.15, -0.1) is 0 Å². The Kier molecular flexibility index (Phi) is 6.75. The number of allylic oxidation sites excluding steroid dienone is 1. The fourth-order valence-corrected chi connectivity index (χ4v) is 7.53. The van der Waals surface area contributed by atoms with Crippen molar-refractivity contribution in [1.82, 2.24) is 0 Å². The lowest BCUT2D eigenvalue weighted by Gasteiger charge is -2.27. The first-order chi connectivity index (χ1) is 19.3. The SMILES string of the molecule is N#CC1=C(Oc2ccccc2-c2ccccc2)N=P(c2ccccc2)(c2ccccc2)N=C1c1ccccc1. The van der Waals surface area contributed by atoms with Gasteiger partial charge < -0.3 is 4.74 Å². The standard InChI is InChI=1S/C34H24N3OP/c35-25-31-33(27-17-7-2-8-18-27)36-39(28-19-9-3-10-20-28,29-21-11-4-12-22-29)37-34(31)38-32-24-14-13-23-30(32)26-15-5-1-6-16-26/h1-24H. The molecular formula is C34H24N3OP. The van der Waals surface area contributed by atoms with Gasteiger partial charge in [-0.3, -0.25) is 0 Å². The van der Waals surface area contributed by atoms with Crippen molar-refractivity contribution in [2.45, 2.75) is 0 Å². The quantitative estimate of drug-likeness (QED) is 0.215. The molecule has 0 spiro atoms. The first-order valence-electron chi connectivity index (χ1n) is 12.6. The highest BCUT2D eigenvalue weighted by Gasteiger charge is 2.33. The number of rotatable bonds is 6. The number of ether oxygens (including phenoxy) is 1. The van der Waals surface area contributed by atoms with E-state index in [0.29, 0.717) is 17.0 Å². The van der Waals surface area contributed by atoms with Gasteiger partial charge in [0.05, 0.1) is 5.71 Å². The van der Waals surface area contributed by atoms with Crippen LogP contribution in [0.4, 0.5) is 0 Å². The number of nitriles is 1. The van der Waals surface area contributed by atoms with E-state index < -0.39 is 7.21 Å². The van der Waals surface area contributed by atoms with Crippen molar-refractivity contribution >= 4 is 23.5 Å². The van der Waals surface area contributed by atoms with Gasteiger partial charge in [0.15, 0.2) is 0 Å². The molecule has 5 heteroatoms. The van der Waals surface area contributed by atoms with Crippen molar-refractivity contribution in [2.75, 3.05) is 0 Å². The molecule has 5 aromatic carbocycles. The van der Waals surface area contributed by atoms with E-state index in [1.165, 1.54) is 0 Å². The molecule has 0 amide bonds. The Morgan fingerprint density at radius 3 is 1.62 bits per heavy atom. The second kappa shape index (κ2) is 10.8. The molecule has 0 saturated heterocycles. The summed E-state index contributed by atoms with van der Waals surface area (Å²) < 4.78 is 17.3. The molecule has 0 atom stereocenters. The Morgan fingerprint density at radius 2 is 1.05 bits per heavy atom. The number of nitrogens with zero attached hydrogens (tertiary/aromatic N) is 3. The van der Waals surface area contributed by atoms with Crippen LogP contribution < -0.4 is 15.3 Å². The van der Waals surface area contributed by atoms with E-state index in [1.807, 2.05) is 121 Å². The molecule has 39 heavy (non-hydrogen) atoms. The second-order valence-electron chi connectivity index (χ2n) is 8.94.